The lowest BCUT2D eigenvalue weighted by Crippen LogP contribution is -2.43. The SMILES string of the molecule is O=C(NCCCSc1ccccc1)N1CCc2ccccc2C1. The van der Waals surface area contributed by atoms with Gasteiger partial charge in [-0.15, -0.1) is 11.8 Å². The molecular formula is C19H22N2OS. The highest BCUT2D eigenvalue weighted by Gasteiger charge is 2.19. The first-order valence-electron chi connectivity index (χ1n) is 8.10. The van der Waals surface area contributed by atoms with Crippen molar-refractivity contribution in [3.05, 3.63) is 65.7 Å². The number of hydrogen-bond donors (Lipinski definition) is 1. The fraction of sp³-hybridized carbons (Fsp3) is 0.316. The molecule has 0 bridgehead atoms. The van der Waals surface area contributed by atoms with Crippen LogP contribution in [0, 0.1) is 0 Å². The molecule has 0 saturated carbocycles. The van der Waals surface area contributed by atoms with Crippen molar-refractivity contribution >= 4 is 17.8 Å². The van der Waals surface area contributed by atoms with E-state index in [-0.39, 0.29) is 6.03 Å². The summed E-state index contributed by atoms with van der Waals surface area (Å²) in [7, 11) is 0. The normalized spacial score (nSPS) is 13.5. The first-order chi connectivity index (χ1) is 11.3. The van der Waals surface area contributed by atoms with Crippen molar-refractivity contribution in [2.75, 3.05) is 18.8 Å². The van der Waals surface area contributed by atoms with Crippen LogP contribution in [0.5, 0.6) is 0 Å². The number of carbonyl (C=O) groups is 1. The molecule has 2 aromatic rings. The summed E-state index contributed by atoms with van der Waals surface area (Å²) in [6.07, 6.45) is 1.93. The Balaban J connectivity index is 1.37. The Bertz CT molecular complexity index is 645. The third-order valence-corrected chi connectivity index (χ3v) is 5.13. The molecule has 0 saturated heterocycles. The summed E-state index contributed by atoms with van der Waals surface area (Å²) in [5, 5.41) is 3.04. The van der Waals surface area contributed by atoms with Gasteiger partial charge in [0, 0.05) is 24.5 Å². The smallest absolute Gasteiger partial charge is 0.317 e. The number of thioether (sulfide) groups is 1. The Morgan fingerprint density at radius 3 is 2.61 bits per heavy atom. The molecule has 1 aliphatic heterocycles. The molecule has 0 atom stereocenters. The van der Waals surface area contributed by atoms with Gasteiger partial charge in [-0.2, -0.15) is 0 Å². The standard InChI is InChI=1S/C19H22N2OS/c22-19(20-12-6-14-23-18-9-2-1-3-10-18)21-13-11-16-7-4-5-8-17(16)15-21/h1-5,7-10H,6,11-15H2,(H,20,22). The Kier molecular flexibility index (Phi) is 5.59. The maximum absolute atomic E-state index is 12.2. The molecule has 3 rings (SSSR count). The Hall–Kier alpha value is -1.94. The largest absolute Gasteiger partial charge is 0.338 e. The molecule has 3 nitrogen and oxygen atoms in total. The van der Waals surface area contributed by atoms with Crippen LogP contribution in [0.25, 0.3) is 0 Å². The number of nitrogens with one attached hydrogen (secondary N) is 1. The van der Waals surface area contributed by atoms with E-state index >= 15 is 0 Å². The zero-order valence-electron chi connectivity index (χ0n) is 13.2. The second kappa shape index (κ2) is 8.06. The topological polar surface area (TPSA) is 32.3 Å². The van der Waals surface area contributed by atoms with Gasteiger partial charge >= 0.3 is 6.03 Å². The third kappa shape index (κ3) is 4.52. The number of amides is 2. The van der Waals surface area contributed by atoms with E-state index in [2.05, 4.69) is 47.8 Å². The zero-order valence-corrected chi connectivity index (χ0v) is 14.0. The van der Waals surface area contributed by atoms with Crippen molar-refractivity contribution in [1.82, 2.24) is 10.2 Å². The van der Waals surface area contributed by atoms with Crippen molar-refractivity contribution in [3.8, 4) is 0 Å². The van der Waals surface area contributed by atoms with Gasteiger partial charge in [0.15, 0.2) is 0 Å². The van der Waals surface area contributed by atoms with Gasteiger partial charge in [-0.25, -0.2) is 4.79 Å². The quantitative estimate of drug-likeness (QED) is 0.667. The van der Waals surface area contributed by atoms with Gasteiger partial charge in [0.2, 0.25) is 0 Å². The summed E-state index contributed by atoms with van der Waals surface area (Å²) in [4.78, 5) is 15.4. The van der Waals surface area contributed by atoms with Gasteiger partial charge in [-0.05, 0) is 41.9 Å². The zero-order chi connectivity index (χ0) is 15.9. The van der Waals surface area contributed by atoms with Crippen molar-refractivity contribution in [1.29, 1.82) is 0 Å². The van der Waals surface area contributed by atoms with Gasteiger partial charge < -0.3 is 10.2 Å². The number of hydrogen-bond acceptors (Lipinski definition) is 2. The first-order valence-corrected chi connectivity index (χ1v) is 9.09. The van der Waals surface area contributed by atoms with Crippen LogP contribution >= 0.6 is 11.8 Å². The van der Waals surface area contributed by atoms with Crippen LogP contribution in [0.3, 0.4) is 0 Å². The van der Waals surface area contributed by atoms with Crippen LogP contribution in [-0.4, -0.2) is 29.8 Å². The van der Waals surface area contributed by atoms with E-state index in [4.69, 9.17) is 0 Å². The van der Waals surface area contributed by atoms with E-state index in [9.17, 15) is 4.79 Å². The maximum Gasteiger partial charge on any atom is 0.317 e. The van der Waals surface area contributed by atoms with E-state index in [0.717, 1.165) is 38.2 Å². The minimum absolute atomic E-state index is 0.0595. The van der Waals surface area contributed by atoms with Crippen molar-refractivity contribution < 1.29 is 4.79 Å². The average molecular weight is 326 g/mol. The molecular weight excluding hydrogens is 304 g/mol. The molecule has 23 heavy (non-hydrogen) atoms. The molecule has 2 aromatic carbocycles. The molecule has 0 fully saturated rings. The highest BCUT2D eigenvalue weighted by molar-refractivity contribution is 7.99. The minimum atomic E-state index is 0.0595. The van der Waals surface area contributed by atoms with E-state index in [1.54, 1.807) is 0 Å². The van der Waals surface area contributed by atoms with Crippen LogP contribution in [0.4, 0.5) is 4.79 Å². The van der Waals surface area contributed by atoms with E-state index in [0.29, 0.717) is 0 Å². The van der Waals surface area contributed by atoms with Gasteiger partial charge in [0.05, 0.1) is 0 Å². The summed E-state index contributed by atoms with van der Waals surface area (Å²) in [6, 6.07) is 18.8. The number of benzene rings is 2. The molecule has 0 aromatic heterocycles. The lowest BCUT2D eigenvalue weighted by atomic mass is 10.0. The number of urea groups is 1. The Morgan fingerprint density at radius 1 is 1.04 bits per heavy atom. The average Bonchev–Trinajstić information content (AvgIpc) is 2.61. The maximum atomic E-state index is 12.2. The van der Waals surface area contributed by atoms with E-state index in [1.165, 1.54) is 16.0 Å². The van der Waals surface area contributed by atoms with Gasteiger partial charge in [0.1, 0.15) is 0 Å². The van der Waals surface area contributed by atoms with Crippen LogP contribution in [0.1, 0.15) is 17.5 Å². The third-order valence-electron chi connectivity index (χ3n) is 4.03. The highest BCUT2D eigenvalue weighted by atomic mass is 32.2. The van der Waals surface area contributed by atoms with Gasteiger partial charge in [-0.1, -0.05) is 42.5 Å². The predicted octanol–water partition coefficient (Wildman–Crippen LogP) is 3.94. The van der Waals surface area contributed by atoms with Crippen LogP contribution in [0.15, 0.2) is 59.5 Å². The summed E-state index contributed by atoms with van der Waals surface area (Å²) < 4.78 is 0. The van der Waals surface area contributed by atoms with Crippen LogP contribution in [0.2, 0.25) is 0 Å². The molecule has 0 radical (unpaired) electrons. The fourth-order valence-corrected chi connectivity index (χ4v) is 3.63. The van der Waals surface area contributed by atoms with Crippen molar-refractivity contribution in [2.24, 2.45) is 0 Å². The molecule has 1 heterocycles. The molecule has 4 heteroatoms. The second-order valence-electron chi connectivity index (χ2n) is 5.69. The number of nitrogens with zero attached hydrogens (tertiary/aromatic N) is 1. The Morgan fingerprint density at radius 2 is 1.78 bits per heavy atom. The van der Waals surface area contributed by atoms with Crippen molar-refractivity contribution in [3.63, 3.8) is 0 Å². The van der Waals surface area contributed by atoms with Crippen LogP contribution in [-0.2, 0) is 13.0 Å². The van der Waals surface area contributed by atoms with Gasteiger partial charge in [-0.3, -0.25) is 0 Å². The number of carbonyl (C=O) groups excluding carboxylic acids is 1. The fourth-order valence-electron chi connectivity index (χ4n) is 2.76. The molecule has 0 unspecified atom stereocenters. The monoisotopic (exact) mass is 326 g/mol. The number of fused-ring (bicyclic) bond motifs is 1. The number of rotatable bonds is 5. The highest BCUT2D eigenvalue weighted by Crippen LogP contribution is 2.19. The summed E-state index contributed by atoms with van der Waals surface area (Å²) >= 11 is 1.83. The Labute approximate surface area is 142 Å². The summed E-state index contributed by atoms with van der Waals surface area (Å²) in [5.74, 6) is 1.02. The lowest BCUT2D eigenvalue weighted by molar-refractivity contribution is 0.192. The molecule has 0 spiro atoms. The van der Waals surface area contributed by atoms with E-state index in [1.807, 2.05) is 28.8 Å². The molecule has 2 amide bonds. The minimum Gasteiger partial charge on any atom is -0.338 e. The molecule has 0 aliphatic carbocycles. The second-order valence-corrected chi connectivity index (χ2v) is 6.86. The molecule has 1 aliphatic rings. The predicted molar refractivity (Wildman–Crippen MR) is 95.7 cm³/mol. The first kappa shape index (κ1) is 15.9. The molecule has 1 N–H and O–H groups in total. The van der Waals surface area contributed by atoms with Crippen LogP contribution < -0.4 is 5.32 Å². The van der Waals surface area contributed by atoms with E-state index < -0.39 is 0 Å². The summed E-state index contributed by atoms with van der Waals surface area (Å²) in [5.41, 5.74) is 2.64. The molecule has 120 valence electrons. The van der Waals surface area contributed by atoms with Crippen molar-refractivity contribution in [2.45, 2.75) is 24.3 Å². The lowest BCUT2D eigenvalue weighted by Gasteiger charge is -2.28. The van der Waals surface area contributed by atoms with Gasteiger partial charge in [0.25, 0.3) is 0 Å². The summed E-state index contributed by atoms with van der Waals surface area (Å²) in [6.45, 7) is 2.26.